The van der Waals surface area contributed by atoms with Crippen LogP contribution >= 0.6 is 22.9 Å². The van der Waals surface area contributed by atoms with Crippen molar-refractivity contribution in [1.29, 1.82) is 0 Å². The first-order chi connectivity index (χ1) is 11.0. The Labute approximate surface area is 141 Å². The minimum absolute atomic E-state index is 0.117. The van der Waals surface area contributed by atoms with Crippen LogP contribution in [0.15, 0.2) is 35.7 Å². The van der Waals surface area contributed by atoms with Gasteiger partial charge in [0.2, 0.25) is 11.8 Å². The average molecular weight is 352 g/mol. The van der Waals surface area contributed by atoms with Crippen LogP contribution in [0.25, 0.3) is 0 Å². The highest BCUT2D eigenvalue weighted by Crippen LogP contribution is 2.20. The number of nitrogens with one attached hydrogen (secondary N) is 2. The minimum atomic E-state index is -0.635. The van der Waals surface area contributed by atoms with Crippen LogP contribution in [-0.4, -0.2) is 24.3 Å². The Balaban J connectivity index is 1.82. The zero-order chi connectivity index (χ0) is 16.8. The molecule has 2 rings (SSSR count). The predicted octanol–water partition coefficient (Wildman–Crippen LogP) is 2.26. The Morgan fingerprint density at radius 3 is 2.61 bits per heavy atom. The Hall–Kier alpha value is -2.38. The fraction of sp³-hybridized carbons (Fsp3) is 0.133. The van der Waals surface area contributed by atoms with Crippen molar-refractivity contribution in [1.82, 2.24) is 5.32 Å². The summed E-state index contributed by atoms with van der Waals surface area (Å²) < 4.78 is 0. The number of primary amides is 1. The molecule has 1 aromatic heterocycles. The maximum atomic E-state index is 11.8. The van der Waals surface area contributed by atoms with E-state index in [4.69, 9.17) is 17.3 Å². The largest absolute Gasteiger partial charge is 0.366 e. The highest BCUT2D eigenvalue weighted by molar-refractivity contribution is 7.12. The molecule has 0 atom stereocenters. The van der Waals surface area contributed by atoms with Gasteiger partial charge in [-0.25, -0.2) is 0 Å². The number of nitrogens with two attached hydrogens (primary N) is 1. The third-order valence-electron chi connectivity index (χ3n) is 2.90. The van der Waals surface area contributed by atoms with Crippen molar-refractivity contribution in [3.63, 3.8) is 0 Å². The molecule has 0 bridgehead atoms. The number of halogens is 1. The molecular weight excluding hydrogens is 338 g/mol. The molecule has 0 unspecified atom stereocenters. The van der Waals surface area contributed by atoms with Crippen LogP contribution in [-0.2, 0) is 4.79 Å². The lowest BCUT2D eigenvalue weighted by Gasteiger charge is -2.08. The molecule has 120 valence electrons. The zero-order valence-electron chi connectivity index (χ0n) is 12.0. The molecule has 0 aliphatic heterocycles. The number of carbonyl (C=O) groups is 3. The number of amides is 3. The molecule has 0 aliphatic carbocycles. The Kier molecular flexibility index (Phi) is 5.72. The normalized spacial score (nSPS) is 10.1. The summed E-state index contributed by atoms with van der Waals surface area (Å²) in [7, 11) is 0. The highest BCUT2D eigenvalue weighted by Gasteiger charge is 2.10. The predicted molar refractivity (Wildman–Crippen MR) is 89.9 cm³/mol. The molecular formula is C15H14ClN3O3S. The van der Waals surface area contributed by atoms with Gasteiger partial charge in [0, 0.05) is 18.7 Å². The molecule has 0 saturated heterocycles. The molecule has 0 aliphatic rings. The van der Waals surface area contributed by atoms with Crippen molar-refractivity contribution in [3.05, 3.63) is 51.2 Å². The van der Waals surface area contributed by atoms with Crippen molar-refractivity contribution in [3.8, 4) is 0 Å². The zero-order valence-corrected chi connectivity index (χ0v) is 13.5. The number of rotatable bonds is 6. The van der Waals surface area contributed by atoms with Crippen LogP contribution in [0.4, 0.5) is 5.69 Å². The van der Waals surface area contributed by atoms with Crippen molar-refractivity contribution in [2.75, 3.05) is 11.9 Å². The number of hydrogen-bond acceptors (Lipinski definition) is 4. The van der Waals surface area contributed by atoms with Gasteiger partial charge in [0.1, 0.15) is 0 Å². The van der Waals surface area contributed by atoms with Crippen LogP contribution in [0, 0.1) is 0 Å². The van der Waals surface area contributed by atoms with Gasteiger partial charge in [-0.05, 0) is 29.6 Å². The Morgan fingerprint density at radius 1 is 1.22 bits per heavy atom. The van der Waals surface area contributed by atoms with Crippen LogP contribution < -0.4 is 16.4 Å². The second kappa shape index (κ2) is 7.75. The number of benzene rings is 1. The van der Waals surface area contributed by atoms with Gasteiger partial charge in [0.25, 0.3) is 5.91 Å². The van der Waals surface area contributed by atoms with E-state index in [-0.39, 0.29) is 35.4 Å². The standard InChI is InChI=1S/C15H14ClN3O3S/c16-11-8-9(3-4-10(11)14(17)21)19-13(20)5-6-18-15(22)12-2-1-7-23-12/h1-4,7-8H,5-6H2,(H2,17,21)(H,18,22)(H,19,20). The monoisotopic (exact) mass is 351 g/mol. The molecule has 0 radical (unpaired) electrons. The van der Waals surface area contributed by atoms with E-state index in [0.717, 1.165) is 0 Å². The third-order valence-corrected chi connectivity index (χ3v) is 4.08. The maximum absolute atomic E-state index is 11.8. The third kappa shape index (κ3) is 4.80. The molecule has 8 heteroatoms. The molecule has 1 aromatic carbocycles. The van der Waals surface area contributed by atoms with Crippen molar-refractivity contribution in [2.24, 2.45) is 5.73 Å². The Morgan fingerprint density at radius 2 is 2.00 bits per heavy atom. The smallest absolute Gasteiger partial charge is 0.261 e. The summed E-state index contributed by atoms with van der Waals surface area (Å²) in [6, 6.07) is 7.92. The van der Waals surface area contributed by atoms with Gasteiger partial charge in [-0.2, -0.15) is 0 Å². The van der Waals surface area contributed by atoms with Gasteiger partial charge < -0.3 is 16.4 Å². The molecule has 0 fully saturated rings. The second-order valence-electron chi connectivity index (χ2n) is 4.59. The van der Waals surface area contributed by atoms with E-state index < -0.39 is 5.91 Å². The van der Waals surface area contributed by atoms with Crippen LogP contribution in [0.3, 0.4) is 0 Å². The molecule has 6 nitrogen and oxygen atoms in total. The van der Waals surface area contributed by atoms with Gasteiger partial charge in [-0.1, -0.05) is 17.7 Å². The number of carbonyl (C=O) groups excluding carboxylic acids is 3. The average Bonchev–Trinajstić information content (AvgIpc) is 3.01. The highest BCUT2D eigenvalue weighted by atomic mass is 35.5. The number of anilines is 1. The van der Waals surface area contributed by atoms with E-state index >= 15 is 0 Å². The minimum Gasteiger partial charge on any atom is -0.366 e. The summed E-state index contributed by atoms with van der Waals surface area (Å²) in [6.07, 6.45) is 0.117. The summed E-state index contributed by atoms with van der Waals surface area (Å²) in [5.41, 5.74) is 5.79. The maximum Gasteiger partial charge on any atom is 0.261 e. The van der Waals surface area contributed by atoms with Gasteiger partial charge in [0.15, 0.2) is 0 Å². The van der Waals surface area contributed by atoms with Gasteiger partial charge in [0.05, 0.1) is 15.5 Å². The van der Waals surface area contributed by atoms with E-state index in [1.165, 1.54) is 29.5 Å². The lowest BCUT2D eigenvalue weighted by Crippen LogP contribution is -2.27. The molecule has 2 aromatic rings. The summed E-state index contributed by atoms with van der Waals surface area (Å²) in [5, 5.41) is 7.27. The van der Waals surface area contributed by atoms with Crippen molar-refractivity contribution in [2.45, 2.75) is 6.42 Å². The molecule has 0 saturated carbocycles. The molecule has 23 heavy (non-hydrogen) atoms. The number of hydrogen-bond donors (Lipinski definition) is 3. The first-order valence-electron chi connectivity index (χ1n) is 6.68. The van der Waals surface area contributed by atoms with E-state index in [0.29, 0.717) is 10.6 Å². The first kappa shape index (κ1) is 17.0. The van der Waals surface area contributed by atoms with Gasteiger partial charge in [-0.15, -0.1) is 11.3 Å². The van der Waals surface area contributed by atoms with E-state index in [1.54, 1.807) is 17.5 Å². The Bertz CT molecular complexity index is 732. The van der Waals surface area contributed by atoms with Crippen LogP contribution in [0.1, 0.15) is 26.5 Å². The summed E-state index contributed by atoms with van der Waals surface area (Å²) in [4.78, 5) is 35.2. The second-order valence-corrected chi connectivity index (χ2v) is 5.95. The SMILES string of the molecule is NC(=O)c1ccc(NC(=O)CCNC(=O)c2cccs2)cc1Cl. The van der Waals surface area contributed by atoms with Gasteiger partial charge >= 0.3 is 0 Å². The molecule has 4 N–H and O–H groups in total. The summed E-state index contributed by atoms with van der Waals surface area (Å²) >= 11 is 7.24. The lowest BCUT2D eigenvalue weighted by molar-refractivity contribution is -0.116. The molecule has 0 spiro atoms. The van der Waals surface area contributed by atoms with E-state index in [1.807, 2.05) is 0 Å². The quantitative estimate of drug-likeness (QED) is 0.743. The van der Waals surface area contributed by atoms with Gasteiger partial charge in [-0.3, -0.25) is 14.4 Å². The summed E-state index contributed by atoms with van der Waals surface area (Å²) in [5.74, 6) is -1.12. The summed E-state index contributed by atoms with van der Waals surface area (Å²) in [6.45, 7) is 0.218. The van der Waals surface area contributed by atoms with E-state index in [2.05, 4.69) is 10.6 Å². The van der Waals surface area contributed by atoms with Crippen LogP contribution in [0.5, 0.6) is 0 Å². The van der Waals surface area contributed by atoms with Crippen molar-refractivity contribution >= 4 is 46.3 Å². The first-order valence-corrected chi connectivity index (χ1v) is 7.94. The van der Waals surface area contributed by atoms with E-state index in [9.17, 15) is 14.4 Å². The molecule has 1 heterocycles. The fourth-order valence-electron chi connectivity index (χ4n) is 1.80. The molecule has 3 amide bonds. The van der Waals surface area contributed by atoms with Crippen molar-refractivity contribution < 1.29 is 14.4 Å². The van der Waals surface area contributed by atoms with Crippen LogP contribution in [0.2, 0.25) is 5.02 Å². The fourth-order valence-corrected chi connectivity index (χ4v) is 2.71. The number of thiophene rings is 1. The topological polar surface area (TPSA) is 101 Å². The lowest BCUT2D eigenvalue weighted by atomic mass is 10.2.